The molecule has 0 aromatic heterocycles. The van der Waals surface area contributed by atoms with E-state index in [-0.39, 0.29) is 24.3 Å². The average molecular weight is 431 g/mol. The van der Waals surface area contributed by atoms with Crippen LogP contribution in [0.25, 0.3) is 0 Å². The van der Waals surface area contributed by atoms with E-state index in [1.807, 2.05) is 13.8 Å². The van der Waals surface area contributed by atoms with Crippen molar-refractivity contribution >= 4 is 46.4 Å². The van der Waals surface area contributed by atoms with Crippen LogP contribution in [-0.4, -0.2) is 30.8 Å². The van der Waals surface area contributed by atoms with Crippen LogP contribution in [0.2, 0.25) is 5.02 Å². The van der Waals surface area contributed by atoms with E-state index in [0.29, 0.717) is 40.6 Å². The summed E-state index contributed by atoms with van der Waals surface area (Å²) in [5, 5.41) is 11.7. The fourth-order valence-electron chi connectivity index (χ4n) is 2.61. The van der Waals surface area contributed by atoms with E-state index in [2.05, 4.69) is 21.3 Å². The van der Waals surface area contributed by atoms with E-state index in [4.69, 9.17) is 11.6 Å². The van der Waals surface area contributed by atoms with E-state index in [9.17, 15) is 14.4 Å². The minimum atomic E-state index is -0.293. The normalized spacial score (nSPS) is 10.2. The quantitative estimate of drug-likeness (QED) is 0.452. The molecular weight excluding hydrogens is 404 g/mol. The Labute approximate surface area is 181 Å². The number of carbonyl (C=O) groups is 3. The molecule has 0 spiro atoms. The van der Waals surface area contributed by atoms with Crippen LogP contribution < -0.4 is 21.3 Å². The number of amides is 3. The largest absolute Gasteiger partial charge is 0.376 e. The number of anilines is 3. The molecule has 0 radical (unpaired) electrons. The van der Waals surface area contributed by atoms with E-state index in [1.54, 1.807) is 42.5 Å². The summed E-state index contributed by atoms with van der Waals surface area (Å²) >= 11 is 6.15. The second-order valence-corrected chi connectivity index (χ2v) is 7.13. The molecule has 0 aliphatic carbocycles. The third-order valence-corrected chi connectivity index (χ3v) is 4.47. The lowest BCUT2D eigenvalue weighted by molar-refractivity contribution is -0.116. The summed E-state index contributed by atoms with van der Waals surface area (Å²) in [4.78, 5) is 35.9. The van der Waals surface area contributed by atoms with Gasteiger partial charge in [0.15, 0.2) is 0 Å². The molecule has 0 saturated heterocycles. The van der Waals surface area contributed by atoms with Crippen molar-refractivity contribution < 1.29 is 14.4 Å². The number of rotatable bonds is 10. The van der Waals surface area contributed by atoms with Gasteiger partial charge >= 0.3 is 0 Å². The zero-order valence-corrected chi connectivity index (χ0v) is 17.9. The topological polar surface area (TPSA) is 99.3 Å². The lowest BCUT2D eigenvalue weighted by Gasteiger charge is -2.12. The Balaban J connectivity index is 1.90. The fourth-order valence-corrected chi connectivity index (χ4v) is 2.77. The minimum absolute atomic E-state index is 0.0180. The summed E-state index contributed by atoms with van der Waals surface area (Å²) in [7, 11) is 0. The highest BCUT2D eigenvalue weighted by Crippen LogP contribution is 2.25. The molecule has 2 rings (SSSR count). The monoisotopic (exact) mass is 430 g/mol. The SMILES string of the molecule is CCCNC(=O)c1ccc(NCC(=O)Nc2cc(NC(=O)CCC)ccc2Cl)cc1. The standard InChI is InChI=1S/C22H27ClN4O3/c1-3-5-20(28)26-17-10-11-18(23)19(13-17)27-21(29)14-25-16-8-6-15(7-9-16)22(30)24-12-4-2/h6-11,13,25H,3-5,12,14H2,1-2H3,(H,24,30)(H,26,28)(H,27,29). The van der Waals surface area contributed by atoms with Crippen LogP contribution in [0.1, 0.15) is 43.5 Å². The van der Waals surface area contributed by atoms with Gasteiger partial charge in [-0.1, -0.05) is 25.4 Å². The Hall–Kier alpha value is -3.06. The molecule has 0 bridgehead atoms. The number of hydrogen-bond donors (Lipinski definition) is 4. The minimum Gasteiger partial charge on any atom is -0.376 e. The number of benzene rings is 2. The van der Waals surface area contributed by atoms with Gasteiger partial charge in [0, 0.05) is 29.9 Å². The van der Waals surface area contributed by atoms with E-state index < -0.39 is 0 Å². The first-order valence-corrected chi connectivity index (χ1v) is 10.3. The second-order valence-electron chi connectivity index (χ2n) is 6.73. The fraction of sp³-hybridized carbons (Fsp3) is 0.318. The molecular formula is C22H27ClN4O3. The van der Waals surface area contributed by atoms with Crippen LogP contribution in [0, 0.1) is 0 Å². The predicted molar refractivity (Wildman–Crippen MR) is 121 cm³/mol. The second kappa shape index (κ2) is 11.8. The average Bonchev–Trinajstić information content (AvgIpc) is 2.73. The molecule has 0 aliphatic rings. The van der Waals surface area contributed by atoms with Crippen LogP contribution in [0.4, 0.5) is 17.1 Å². The van der Waals surface area contributed by atoms with Gasteiger partial charge in [-0.05, 0) is 55.3 Å². The molecule has 0 fully saturated rings. The lowest BCUT2D eigenvalue weighted by Crippen LogP contribution is -2.24. The molecule has 0 atom stereocenters. The molecule has 4 N–H and O–H groups in total. The first-order valence-electron chi connectivity index (χ1n) is 9.94. The van der Waals surface area contributed by atoms with Gasteiger partial charge in [0.2, 0.25) is 11.8 Å². The molecule has 3 amide bonds. The summed E-state index contributed by atoms with van der Waals surface area (Å²) in [6, 6.07) is 11.8. The summed E-state index contributed by atoms with van der Waals surface area (Å²) in [5.41, 5.74) is 2.26. The number of halogens is 1. The molecule has 0 saturated carbocycles. The molecule has 2 aromatic rings. The van der Waals surface area contributed by atoms with Crippen LogP contribution in [0.5, 0.6) is 0 Å². The van der Waals surface area contributed by atoms with Gasteiger partial charge in [-0.25, -0.2) is 0 Å². The molecule has 7 nitrogen and oxygen atoms in total. The van der Waals surface area contributed by atoms with Gasteiger partial charge in [-0.3, -0.25) is 14.4 Å². The first kappa shape index (κ1) is 23.2. The zero-order valence-electron chi connectivity index (χ0n) is 17.2. The van der Waals surface area contributed by atoms with Crippen molar-refractivity contribution in [2.75, 3.05) is 29.0 Å². The molecule has 30 heavy (non-hydrogen) atoms. The van der Waals surface area contributed by atoms with Gasteiger partial charge in [-0.15, -0.1) is 0 Å². The van der Waals surface area contributed by atoms with E-state index in [0.717, 1.165) is 12.8 Å². The maximum absolute atomic E-state index is 12.3. The summed E-state index contributed by atoms with van der Waals surface area (Å²) < 4.78 is 0. The highest BCUT2D eigenvalue weighted by Gasteiger charge is 2.09. The van der Waals surface area contributed by atoms with Crippen LogP contribution in [-0.2, 0) is 9.59 Å². The maximum atomic E-state index is 12.3. The van der Waals surface area contributed by atoms with Crippen molar-refractivity contribution in [2.45, 2.75) is 33.1 Å². The molecule has 0 aliphatic heterocycles. The highest BCUT2D eigenvalue weighted by molar-refractivity contribution is 6.33. The smallest absolute Gasteiger partial charge is 0.251 e. The molecule has 8 heteroatoms. The molecule has 0 unspecified atom stereocenters. The Kier molecular flexibility index (Phi) is 9.15. The van der Waals surface area contributed by atoms with Crippen molar-refractivity contribution in [3.05, 3.63) is 53.1 Å². The lowest BCUT2D eigenvalue weighted by atomic mass is 10.2. The van der Waals surface area contributed by atoms with Crippen LogP contribution in [0.15, 0.2) is 42.5 Å². The molecule has 160 valence electrons. The first-order chi connectivity index (χ1) is 14.4. The van der Waals surface area contributed by atoms with Crippen molar-refractivity contribution in [1.29, 1.82) is 0 Å². The summed E-state index contributed by atoms with van der Waals surface area (Å²) in [6.07, 6.45) is 2.05. The summed E-state index contributed by atoms with van der Waals surface area (Å²) in [5.74, 6) is -0.508. The number of carbonyl (C=O) groups excluding carboxylic acids is 3. The Morgan fingerprint density at radius 2 is 1.57 bits per heavy atom. The van der Waals surface area contributed by atoms with Crippen molar-refractivity contribution in [1.82, 2.24) is 5.32 Å². The Bertz CT molecular complexity index is 884. The van der Waals surface area contributed by atoms with Crippen molar-refractivity contribution in [3.8, 4) is 0 Å². The van der Waals surface area contributed by atoms with E-state index in [1.165, 1.54) is 0 Å². The highest BCUT2D eigenvalue weighted by atomic mass is 35.5. The number of hydrogen-bond acceptors (Lipinski definition) is 4. The van der Waals surface area contributed by atoms with Gasteiger partial charge < -0.3 is 21.3 Å². The van der Waals surface area contributed by atoms with Gasteiger partial charge in [0.25, 0.3) is 5.91 Å². The maximum Gasteiger partial charge on any atom is 0.251 e. The molecule has 0 heterocycles. The van der Waals surface area contributed by atoms with Gasteiger partial charge in [-0.2, -0.15) is 0 Å². The van der Waals surface area contributed by atoms with E-state index >= 15 is 0 Å². The Morgan fingerprint density at radius 1 is 0.867 bits per heavy atom. The number of nitrogens with one attached hydrogen (secondary N) is 4. The zero-order chi connectivity index (χ0) is 21.9. The van der Waals surface area contributed by atoms with Crippen LogP contribution >= 0.6 is 11.6 Å². The van der Waals surface area contributed by atoms with Gasteiger partial charge in [0.05, 0.1) is 17.3 Å². The Morgan fingerprint density at radius 3 is 2.23 bits per heavy atom. The third-order valence-electron chi connectivity index (χ3n) is 4.14. The van der Waals surface area contributed by atoms with Crippen molar-refractivity contribution in [2.24, 2.45) is 0 Å². The van der Waals surface area contributed by atoms with Crippen molar-refractivity contribution in [3.63, 3.8) is 0 Å². The predicted octanol–water partition coefficient (Wildman–Crippen LogP) is 4.27. The van der Waals surface area contributed by atoms with Crippen LogP contribution in [0.3, 0.4) is 0 Å². The molecule has 2 aromatic carbocycles. The van der Waals surface area contributed by atoms with Gasteiger partial charge in [0.1, 0.15) is 0 Å². The third kappa shape index (κ3) is 7.40. The summed E-state index contributed by atoms with van der Waals surface area (Å²) in [6.45, 7) is 4.56.